The fourth-order valence-electron chi connectivity index (χ4n) is 1.82. The maximum absolute atomic E-state index is 11.5. The first-order valence-electron chi connectivity index (χ1n) is 5.21. The molecule has 1 aromatic heterocycles. The van der Waals surface area contributed by atoms with Gasteiger partial charge < -0.3 is 11.1 Å². The Morgan fingerprint density at radius 2 is 2.24 bits per heavy atom. The Morgan fingerprint density at radius 3 is 2.94 bits per heavy atom. The van der Waals surface area contributed by atoms with Gasteiger partial charge in [-0.05, 0) is 12.8 Å². The average Bonchev–Trinajstić information content (AvgIpc) is 2.23. The third kappa shape index (κ3) is 2.98. The molecule has 17 heavy (non-hydrogen) atoms. The topological polar surface area (TPSA) is 98.0 Å². The second-order valence-electron chi connectivity index (χ2n) is 4.02. The number of aromatic nitrogens is 2. The summed E-state index contributed by atoms with van der Waals surface area (Å²) in [6.07, 6.45) is 2.72. The van der Waals surface area contributed by atoms with Gasteiger partial charge in [0.15, 0.2) is 20.8 Å². The Morgan fingerprint density at radius 1 is 1.47 bits per heavy atom. The van der Waals surface area contributed by atoms with Gasteiger partial charge in [-0.25, -0.2) is 18.4 Å². The molecule has 0 aromatic carbocycles. The first kappa shape index (κ1) is 12.4. The van der Waals surface area contributed by atoms with Gasteiger partial charge in [-0.1, -0.05) is 11.6 Å². The monoisotopic (exact) mass is 276 g/mol. The molecule has 0 bridgehead atoms. The summed E-state index contributed by atoms with van der Waals surface area (Å²) in [7, 11) is -2.95. The van der Waals surface area contributed by atoms with E-state index in [2.05, 4.69) is 15.3 Å². The third-order valence-electron chi connectivity index (χ3n) is 2.64. The number of nitrogens with two attached hydrogens (primary N) is 1. The number of rotatable bonds is 2. The van der Waals surface area contributed by atoms with Crippen LogP contribution in [0.2, 0.25) is 5.15 Å². The van der Waals surface area contributed by atoms with E-state index in [9.17, 15) is 8.42 Å². The zero-order valence-corrected chi connectivity index (χ0v) is 10.6. The van der Waals surface area contributed by atoms with Crippen molar-refractivity contribution in [3.8, 4) is 0 Å². The molecule has 0 saturated carbocycles. The van der Waals surface area contributed by atoms with E-state index in [0.29, 0.717) is 12.2 Å². The van der Waals surface area contributed by atoms with Crippen LogP contribution >= 0.6 is 11.6 Å². The Balaban J connectivity index is 2.13. The number of sulfone groups is 1. The quantitative estimate of drug-likeness (QED) is 0.772. The molecule has 0 amide bonds. The van der Waals surface area contributed by atoms with Crippen molar-refractivity contribution < 1.29 is 8.42 Å². The van der Waals surface area contributed by atoms with E-state index in [1.165, 1.54) is 6.33 Å². The van der Waals surface area contributed by atoms with Gasteiger partial charge in [0.1, 0.15) is 12.0 Å². The summed E-state index contributed by atoms with van der Waals surface area (Å²) in [6, 6.07) is -0.165. The molecule has 0 spiro atoms. The normalized spacial score (nSPS) is 23.2. The molecule has 1 aliphatic heterocycles. The number of nitrogen functional groups attached to an aromatic ring is 1. The average molecular weight is 277 g/mol. The molecule has 1 atom stereocenters. The van der Waals surface area contributed by atoms with Gasteiger partial charge in [-0.2, -0.15) is 0 Å². The van der Waals surface area contributed by atoms with Crippen LogP contribution in [0.15, 0.2) is 6.33 Å². The summed E-state index contributed by atoms with van der Waals surface area (Å²) in [5.41, 5.74) is 5.95. The van der Waals surface area contributed by atoms with Gasteiger partial charge >= 0.3 is 0 Å². The lowest BCUT2D eigenvalue weighted by Gasteiger charge is -2.23. The number of nitrogens with zero attached hydrogens (tertiary/aromatic N) is 2. The Hall–Kier alpha value is -1.08. The van der Waals surface area contributed by atoms with Crippen LogP contribution in [0.4, 0.5) is 11.5 Å². The van der Waals surface area contributed by atoms with Crippen LogP contribution in [-0.4, -0.2) is 35.9 Å². The highest BCUT2D eigenvalue weighted by molar-refractivity contribution is 7.91. The lowest BCUT2D eigenvalue weighted by molar-refractivity contribution is 0.561. The molecular weight excluding hydrogens is 264 g/mol. The van der Waals surface area contributed by atoms with Crippen LogP contribution in [0.25, 0.3) is 0 Å². The lowest BCUT2D eigenvalue weighted by Crippen LogP contribution is -2.35. The molecular formula is C9H13ClN4O2S. The maximum atomic E-state index is 11.5. The lowest BCUT2D eigenvalue weighted by atomic mass is 10.2. The minimum Gasteiger partial charge on any atom is -0.393 e. The van der Waals surface area contributed by atoms with Crippen molar-refractivity contribution in [1.82, 2.24) is 9.97 Å². The fourth-order valence-corrected chi connectivity index (χ4v) is 3.59. The summed E-state index contributed by atoms with van der Waals surface area (Å²) in [4.78, 5) is 7.69. The van der Waals surface area contributed by atoms with E-state index in [-0.39, 0.29) is 28.4 Å². The van der Waals surface area contributed by atoms with Crippen LogP contribution in [0.5, 0.6) is 0 Å². The molecule has 1 unspecified atom stereocenters. The van der Waals surface area contributed by atoms with Crippen molar-refractivity contribution in [2.24, 2.45) is 0 Å². The minimum absolute atomic E-state index is 0.105. The predicted octanol–water partition coefficient (Wildman–Crippen LogP) is 0.701. The summed E-state index contributed by atoms with van der Waals surface area (Å²) < 4.78 is 22.9. The summed E-state index contributed by atoms with van der Waals surface area (Å²) in [5, 5.41) is 3.17. The first-order chi connectivity index (χ1) is 7.98. The second-order valence-corrected chi connectivity index (χ2v) is 6.61. The van der Waals surface area contributed by atoms with Crippen LogP contribution in [-0.2, 0) is 9.84 Å². The number of halogens is 1. The van der Waals surface area contributed by atoms with E-state index < -0.39 is 9.84 Å². The highest BCUT2D eigenvalue weighted by Crippen LogP contribution is 2.24. The molecule has 3 N–H and O–H groups in total. The van der Waals surface area contributed by atoms with Crippen LogP contribution in [0.3, 0.4) is 0 Å². The highest BCUT2D eigenvalue weighted by Gasteiger charge is 2.25. The van der Waals surface area contributed by atoms with Gasteiger partial charge in [0, 0.05) is 6.04 Å². The van der Waals surface area contributed by atoms with Gasteiger partial charge in [-0.15, -0.1) is 0 Å². The summed E-state index contributed by atoms with van der Waals surface area (Å²) >= 11 is 5.75. The maximum Gasteiger partial charge on any atom is 0.157 e. The van der Waals surface area contributed by atoms with E-state index in [1.54, 1.807) is 0 Å². The minimum atomic E-state index is -2.95. The molecule has 1 aliphatic rings. The number of nitrogens with one attached hydrogen (secondary N) is 1. The first-order valence-corrected chi connectivity index (χ1v) is 7.41. The molecule has 1 aromatic rings. The van der Waals surface area contributed by atoms with Crippen molar-refractivity contribution >= 4 is 32.9 Å². The standard InChI is InChI=1S/C9H13ClN4O2S/c10-8-7(11)9(13-5-12-8)14-6-2-1-3-17(15,16)4-6/h5-6H,1-4,11H2,(H,12,13,14). The Kier molecular flexibility index (Phi) is 3.39. The van der Waals surface area contributed by atoms with E-state index >= 15 is 0 Å². The molecule has 2 heterocycles. The van der Waals surface area contributed by atoms with Gasteiger partial charge in [0.2, 0.25) is 0 Å². The molecule has 0 aliphatic carbocycles. The Labute approximate surface area is 105 Å². The molecule has 6 nitrogen and oxygen atoms in total. The van der Waals surface area contributed by atoms with Crippen molar-refractivity contribution in [1.29, 1.82) is 0 Å². The zero-order valence-electron chi connectivity index (χ0n) is 9.06. The van der Waals surface area contributed by atoms with Crippen molar-refractivity contribution in [3.05, 3.63) is 11.5 Å². The Bertz CT molecular complexity index is 520. The number of hydrogen-bond acceptors (Lipinski definition) is 6. The molecule has 0 radical (unpaired) electrons. The van der Waals surface area contributed by atoms with Crippen LogP contribution in [0.1, 0.15) is 12.8 Å². The van der Waals surface area contributed by atoms with Crippen molar-refractivity contribution in [2.75, 3.05) is 22.6 Å². The highest BCUT2D eigenvalue weighted by atomic mass is 35.5. The van der Waals surface area contributed by atoms with E-state index in [1.807, 2.05) is 0 Å². The molecule has 2 rings (SSSR count). The molecule has 94 valence electrons. The van der Waals surface area contributed by atoms with Crippen molar-refractivity contribution in [3.63, 3.8) is 0 Å². The molecule has 1 fully saturated rings. The SMILES string of the molecule is Nc1c(Cl)ncnc1NC1CCCS(=O)(=O)C1. The third-order valence-corrected chi connectivity index (χ3v) is 4.76. The number of anilines is 2. The van der Waals surface area contributed by atoms with Gasteiger partial charge in [-0.3, -0.25) is 0 Å². The van der Waals surface area contributed by atoms with E-state index in [0.717, 1.165) is 6.42 Å². The number of hydrogen-bond donors (Lipinski definition) is 2. The largest absolute Gasteiger partial charge is 0.393 e. The smallest absolute Gasteiger partial charge is 0.157 e. The van der Waals surface area contributed by atoms with Crippen LogP contribution in [0, 0.1) is 0 Å². The summed E-state index contributed by atoms with van der Waals surface area (Å²) in [6.45, 7) is 0. The summed E-state index contributed by atoms with van der Waals surface area (Å²) in [5.74, 6) is 0.756. The van der Waals surface area contributed by atoms with E-state index in [4.69, 9.17) is 17.3 Å². The zero-order chi connectivity index (χ0) is 12.5. The van der Waals surface area contributed by atoms with Gasteiger partial charge in [0.05, 0.1) is 11.5 Å². The van der Waals surface area contributed by atoms with Gasteiger partial charge in [0.25, 0.3) is 0 Å². The second kappa shape index (κ2) is 4.66. The fraction of sp³-hybridized carbons (Fsp3) is 0.556. The molecule has 8 heteroatoms. The predicted molar refractivity (Wildman–Crippen MR) is 66.8 cm³/mol. The van der Waals surface area contributed by atoms with Crippen molar-refractivity contribution in [2.45, 2.75) is 18.9 Å². The van der Waals surface area contributed by atoms with Crippen LogP contribution < -0.4 is 11.1 Å². The molecule has 1 saturated heterocycles.